The van der Waals surface area contributed by atoms with Crippen LogP contribution in [0.3, 0.4) is 0 Å². The second-order valence-corrected chi connectivity index (χ2v) is 8.98. The number of phenolic OH excluding ortho intramolecular Hbond substituents is 1. The average Bonchev–Trinajstić information content (AvgIpc) is 3.18. The summed E-state index contributed by atoms with van der Waals surface area (Å²) < 4.78 is 26.8. The summed E-state index contributed by atoms with van der Waals surface area (Å²) in [6.07, 6.45) is 2.73. The van der Waals surface area contributed by atoms with E-state index in [1.807, 2.05) is 26.0 Å². The molecule has 2 aliphatic rings. The van der Waals surface area contributed by atoms with E-state index >= 15 is 0 Å². The molecule has 116 valence electrons. The summed E-state index contributed by atoms with van der Waals surface area (Å²) in [6.45, 7) is 5.11. The Morgan fingerprint density at radius 3 is 2.67 bits per heavy atom. The van der Waals surface area contributed by atoms with E-state index in [0.29, 0.717) is 25.4 Å². The largest absolute Gasteiger partial charge is 0.508 e. The molecular formula is C16H23NO3S. The van der Waals surface area contributed by atoms with Crippen molar-refractivity contribution in [1.29, 1.82) is 0 Å². The van der Waals surface area contributed by atoms with Gasteiger partial charge >= 0.3 is 0 Å². The number of phenols is 1. The van der Waals surface area contributed by atoms with Crippen LogP contribution in [0.5, 0.6) is 5.75 Å². The van der Waals surface area contributed by atoms with E-state index < -0.39 is 10.0 Å². The predicted octanol–water partition coefficient (Wildman–Crippen LogP) is 2.62. The summed E-state index contributed by atoms with van der Waals surface area (Å²) in [4.78, 5) is 0. The second kappa shape index (κ2) is 4.99. The molecule has 1 aliphatic carbocycles. The Morgan fingerprint density at radius 1 is 1.33 bits per heavy atom. The fourth-order valence-corrected chi connectivity index (χ4v) is 4.96. The maximum Gasteiger partial charge on any atom is 0.214 e. The van der Waals surface area contributed by atoms with Gasteiger partial charge in [0.05, 0.1) is 5.75 Å². The lowest BCUT2D eigenvalue weighted by atomic mass is 9.88. The van der Waals surface area contributed by atoms with Gasteiger partial charge in [-0.3, -0.25) is 0 Å². The van der Waals surface area contributed by atoms with Crippen LogP contribution in [0.1, 0.15) is 44.2 Å². The molecule has 1 aromatic rings. The summed E-state index contributed by atoms with van der Waals surface area (Å²) in [6, 6.07) is 5.34. The molecule has 5 heteroatoms. The van der Waals surface area contributed by atoms with E-state index in [4.69, 9.17) is 0 Å². The minimum atomic E-state index is -3.19. The highest BCUT2D eigenvalue weighted by Crippen LogP contribution is 2.53. The van der Waals surface area contributed by atoms with E-state index in [-0.39, 0.29) is 16.9 Å². The fraction of sp³-hybridized carbons (Fsp3) is 0.625. The summed E-state index contributed by atoms with van der Waals surface area (Å²) in [5.74, 6) is 0.897. The molecule has 0 amide bonds. The number of benzene rings is 1. The molecule has 1 spiro atoms. The Balaban J connectivity index is 1.87. The first-order valence-corrected chi connectivity index (χ1v) is 9.24. The molecule has 0 unspecified atom stereocenters. The first-order chi connectivity index (χ1) is 9.82. The summed E-state index contributed by atoms with van der Waals surface area (Å²) in [7, 11) is -3.19. The Bertz CT molecular complexity index is 647. The number of hydrogen-bond donors (Lipinski definition) is 1. The van der Waals surface area contributed by atoms with Crippen LogP contribution < -0.4 is 0 Å². The topological polar surface area (TPSA) is 57.6 Å². The van der Waals surface area contributed by atoms with Crippen LogP contribution in [0.25, 0.3) is 0 Å². The van der Waals surface area contributed by atoms with Crippen LogP contribution in [-0.4, -0.2) is 30.1 Å². The van der Waals surface area contributed by atoms with Gasteiger partial charge in [0.15, 0.2) is 0 Å². The van der Waals surface area contributed by atoms with Gasteiger partial charge in [-0.1, -0.05) is 19.9 Å². The van der Waals surface area contributed by atoms with Crippen molar-refractivity contribution in [2.75, 3.05) is 12.3 Å². The van der Waals surface area contributed by atoms with Crippen molar-refractivity contribution in [3.8, 4) is 5.75 Å². The fourth-order valence-electron chi connectivity index (χ4n) is 3.15. The van der Waals surface area contributed by atoms with Gasteiger partial charge in [0, 0.05) is 18.5 Å². The molecule has 0 saturated heterocycles. The van der Waals surface area contributed by atoms with E-state index in [1.54, 1.807) is 10.4 Å². The zero-order valence-corrected chi connectivity index (χ0v) is 13.5. The lowest BCUT2D eigenvalue weighted by molar-refractivity contribution is 0.341. The van der Waals surface area contributed by atoms with Crippen molar-refractivity contribution >= 4 is 10.0 Å². The Morgan fingerprint density at radius 2 is 2.05 bits per heavy atom. The van der Waals surface area contributed by atoms with Crippen LogP contribution in [-0.2, 0) is 22.0 Å². The summed E-state index contributed by atoms with van der Waals surface area (Å²) >= 11 is 0. The quantitative estimate of drug-likeness (QED) is 0.930. The highest BCUT2D eigenvalue weighted by molar-refractivity contribution is 7.89. The van der Waals surface area contributed by atoms with Crippen molar-refractivity contribution in [3.05, 3.63) is 29.3 Å². The SMILES string of the molecule is CC(C)CCS(=O)(=O)N1Cc2ccc(O)cc2C2(CC2)C1. The molecule has 3 rings (SSSR count). The zero-order valence-electron chi connectivity index (χ0n) is 12.7. The molecule has 0 radical (unpaired) electrons. The normalized spacial score (nSPS) is 20.7. The monoisotopic (exact) mass is 309 g/mol. The first kappa shape index (κ1) is 14.9. The standard InChI is InChI=1S/C16H23NO3S/c1-12(2)5-8-21(19,20)17-10-13-3-4-14(18)9-15(13)16(11-17)6-7-16/h3-4,9,12,18H,5-8,10-11H2,1-2H3. The molecule has 1 N–H and O–H groups in total. The van der Waals surface area contributed by atoms with Gasteiger partial charge in [0.25, 0.3) is 0 Å². The summed E-state index contributed by atoms with van der Waals surface area (Å²) in [5, 5.41) is 9.69. The number of rotatable bonds is 4. The second-order valence-electron chi connectivity index (χ2n) is 6.89. The van der Waals surface area contributed by atoms with Gasteiger partial charge in [0.1, 0.15) is 5.75 Å². The van der Waals surface area contributed by atoms with Crippen molar-refractivity contribution in [2.45, 2.75) is 45.1 Å². The number of fused-ring (bicyclic) bond motifs is 2. The molecule has 1 fully saturated rings. The van der Waals surface area contributed by atoms with E-state index in [0.717, 1.165) is 24.0 Å². The van der Waals surface area contributed by atoms with Crippen LogP contribution in [0.4, 0.5) is 0 Å². The third kappa shape index (κ3) is 2.81. The molecule has 1 aliphatic heterocycles. The van der Waals surface area contributed by atoms with E-state index in [9.17, 15) is 13.5 Å². The summed E-state index contributed by atoms with van der Waals surface area (Å²) in [5.41, 5.74) is 2.15. The Kier molecular flexibility index (Phi) is 3.53. The van der Waals surface area contributed by atoms with Crippen molar-refractivity contribution in [3.63, 3.8) is 0 Å². The number of hydrogen-bond acceptors (Lipinski definition) is 3. The van der Waals surface area contributed by atoms with Gasteiger partial charge in [0.2, 0.25) is 10.0 Å². The molecule has 4 nitrogen and oxygen atoms in total. The molecule has 0 aromatic heterocycles. The van der Waals surface area contributed by atoms with Crippen LogP contribution >= 0.6 is 0 Å². The van der Waals surface area contributed by atoms with Crippen molar-refractivity contribution in [1.82, 2.24) is 4.31 Å². The molecule has 1 heterocycles. The number of sulfonamides is 1. The van der Waals surface area contributed by atoms with Gasteiger partial charge in [-0.2, -0.15) is 4.31 Å². The first-order valence-electron chi connectivity index (χ1n) is 7.63. The molecule has 21 heavy (non-hydrogen) atoms. The van der Waals surface area contributed by atoms with Crippen molar-refractivity contribution in [2.24, 2.45) is 5.92 Å². The van der Waals surface area contributed by atoms with Gasteiger partial charge < -0.3 is 5.11 Å². The third-order valence-corrected chi connectivity index (χ3v) is 6.49. The van der Waals surface area contributed by atoms with Crippen LogP contribution in [0.15, 0.2) is 18.2 Å². The smallest absolute Gasteiger partial charge is 0.214 e. The van der Waals surface area contributed by atoms with E-state index in [2.05, 4.69) is 0 Å². The molecule has 1 saturated carbocycles. The minimum Gasteiger partial charge on any atom is -0.508 e. The van der Waals surface area contributed by atoms with Crippen molar-refractivity contribution < 1.29 is 13.5 Å². The third-order valence-electron chi connectivity index (χ3n) is 4.69. The minimum absolute atomic E-state index is 0.0444. The van der Waals surface area contributed by atoms with Crippen LogP contribution in [0.2, 0.25) is 0 Å². The van der Waals surface area contributed by atoms with Gasteiger partial charge in [-0.05, 0) is 48.4 Å². The molecule has 1 aromatic carbocycles. The Labute approximate surface area is 126 Å². The molecule has 0 bridgehead atoms. The average molecular weight is 309 g/mol. The predicted molar refractivity (Wildman–Crippen MR) is 82.7 cm³/mol. The number of aromatic hydroxyl groups is 1. The zero-order chi connectivity index (χ0) is 15.3. The van der Waals surface area contributed by atoms with E-state index in [1.165, 1.54) is 0 Å². The maximum absolute atomic E-state index is 12.6. The van der Waals surface area contributed by atoms with Gasteiger partial charge in [-0.25, -0.2) is 8.42 Å². The van der Waals surface area contributed by atoms with Gasteiger partial charge in [-0.15, -0.1) is 0 Å². The van der Waals surface area contributed by atoms with Crippen LogP contribution in [0, 0.1) is 5.92 Å². The highest BCUT2D eigenvalue weighted by atomic mass is 32.2. The lowest BCUT2D eigenvalue weighted by Gasteiger charge is -2.34. The lowest BCUT2D eigenvalue weighted by Crippen LogP contribution is -2.42. The maximum atomic E-state index is 12.6. The number of nitrogens with zero attached hydrogens (tertiary/aromatic N) is 1. The molecular weight excluding hydrogens is 286 g/mol. The highest BCUT2D eigenvalue weighted by Gasteiger charge is 2.51. The molecule has 0 atom stereocenters. The Hall–Kier alpha value is -1.07.